The molecule has 1 heterocycles. The van der Waals surface area contributed by atoms with Gasteiger partial charge in [0.1, 0.15) is 4.90 Å². The van der Waals surface area contributed by atoms with Crippen LogP contribution in [0.1, 0.15) is 10.4 Å². The van der Waals surface area contributed by atoms with Gasteiger partial charge in [-0.1, -0.05) is 42.2 Å². The van der Waals surface area contributed by atoms with Gasteiger partial charge in [-0.25, -0.2) is 0 Å². The molecule has 0 atom stereocenters. The number of hydrogen-bond donors (Lipinski definition) is 1. The van der Waals surface area contributed by atoms with Crippen LogP contribution in [0.15, 0.2) is 57.8 Å². The highest BCUT2D eigenvalue weighted by atomic mass is 35.5. The summed E-state index contributed by atoms with van der Waals surface area (Å²) in [6.07, 6.45) is 0. The standard InChI is InChI=1S/C15H9ClF5N3O2S/c16-11-6-4-9(5-7-11)14-23-24-15(26-14)22-13(25)10-2-1-3-12(8-10)27(17,18,19,20)21/h1-8H,(H,22,24,25). The molecule has 3 aromatic rings. The average molecular weight is 426 g/mol. The number of benzene rings is 2. The molecular formula is C15H9ClF5N3O2S. The van der Waals surface area contributed by atoms with Crippen molar-refractivity contribution in [1.82, 2.24) is 10.2 Å². The van der Waals surface area contributed by atoms with Gasteiger partial charge in [0.15, 0.2) is 0 Å². The molecule has 144 valence electrons. The quantitative estimate of drug-likeness (QED) is 0.498. The smallest absolute Gasteiger partial charge is 0.322 e. The highest BCUT2D eigenvalue weighted by Gasteiger charge is 2.65. The van der Waals surface area contributed by atoms with Gasteiger partial charge in [-0.15, -0.1) is 5.10 Å². The van der Waals surface area contributed by atoms with Gasteiger partial charge in [0.05, 0.1) is 0 Å². The van der Waals surface area contributed by atoms with Crippen molar-refractivity contribution in [3.8, 4) is 11.5 Å². The number of amides is 1. The van der Waals surface area contributed by atoms with E-state index in [2.05, 4.69) is 15.5 Å². The second-order valence-corrected chi connectivity index (χ2v) is 8.22. The van der Waals surface area contributed by atoms with Crippen LogP contribution in [0.3, 0.4) is 0 Å². The van der Waals surface area contributed by atoms with E-state index in [0.717, 1.165) is 6.07 Å². The first kappa shape index (κ1) is 19.1. The lowest BCUT2D eigenvalue weighted by Crippen LogP contribution is -2.14. The third kappa shape index (κ3) is 4.55. The van der Waals surface area contributed by atoms with Crippen LogP contribution >= 0.6 is 21.8 Å². The molecule has 1 amide bonds. The Labute approximate surface area is 153 Å². The van der Waals surface area contributed by atoms with Crippen molar-refractivity contribution in [2.24, 2.45) is 0 Å². The predicted octanol–water partition coefficient (Wildman–Crippen LogP) is 6.30. The molecule has 3 rings (SSSR count). The van der Waals surface area contributed by atoms with Gasteiger partial charge in [-0.2, -0.15) is 0 Å². The van der Waals surface area contributed by atoms with Gasteiger partial charge in [0, 0.05) is 16.1 Å². The topological polar surface area (TPSA) is 68.0 Å². The highest BCUT2D eigenvalue weighted by molar-refractivity contribution is 8.45. The Hall–Kier alpha value is -2.66. The van der Waals surface area contributed by atoms with Crippen LogP contribution in [0.4, 0.5) is 25.4 Å². The van der Waals surface area contributed by atoms with E-state index in [1.807, 2.05) is 0 Å². The number of nitrogens with zero attached hydrogens (tertiary/aromatic N) is 2. The third-order valence-electron chi connectivity index (χ3n) is 3.28. The summed E-state index contributed by atoms with van der Waals surface area (Å²) < 4.78 is 69.5. The Morgan fingerprint density at radius 3 is 2.30 bits per heavy atom. The summed E-state index contributed by atoms with van der Waals surface area (Å²) in [4.78, 5) is 9.87. The first-order valence-electron chi connectivity index (χ1n) is 7.07. The van der Waals surface area contributed by atoms with Crippen molar-refractivity contribution in [3.63, 3.8) is 0 Å². The largest absolute Gasteiger partial charge is 0.403 e. The van der Waals surface area contributed by atoms with E-state index in [0.29, 0.717) is 16.7 Å². The van der Waals surface area contributed by atoms with Crippen molar-refractivity contribution in [3.05, 3.63) is 59.1 Å². The molecule has 12 heteroatoms. The Morgan fingerprint density at radius 1 is 1.00 bits per heavy atom. The summed E-state index contributed by atoms with van der Waals surface area (Å²) in [5.41, 5.74) is -0.165. The summed E-state index contributed by atoms with van der Waals surface area (Å²) in [5, 5.41) is 9.73. The lowest BCUT2D eigenvalue weighted by Gasteiger charge is -2.40. The number of carbonyl (C=O) groups excluding carboxylic acids is 1. The lowest BCUT2D eigenvalue weighted by molar-refractivity contribution is 0.102. The molecule has 0 saturated carbocycles. The van der Waals surface area contributed by atoms with Gasteiger partial charge < -0.3 is 4.42 Å². The number of nitrogens with one attached hydrogen (secondary N) is 1. The minimum absolute atomic E-state index is 0.0164. The van der Waals surface area contributed by atoms with Crippen LogP contribution in [0.25, 0.3) is 11.5 Å². The van der Waals surface area contributed by atoms with Crippen LogP contribution in [0, 0.1) is 0 Å². The summed E-state index contributed by atoms with van der Waals surface area (Å²) >= 11 is 5.75. The normalized spacial score (nSPS) is 14.3. The van der Waals surface area contributed by atoms with Gasteiger partial charge in [-0.05, 0) is 42.5 Å². The van der Waals surface area contributed by atoms with Crippen molar-refractivity contribution in [1.29, 1.82) is 0 Å². The maximum Gasteiger partial charge on any atom is 0.322 e. The van der Waals surface area contributed by atoms with E-state index in [1.54, 1.807) is 24.3 Å². The van der Waals surface area contributed by atoms with Gasteiger partial charge in [0.2, 0.25) is 5.89 Å². The number of hydrogen-bond acceptors (Lipinski definition) is 4. The number of carbonyl (C=O) groups is 1. The van der Waals surface area contributed by atoms with Crippen LogP contribution in [-0.4, -0.2) is 16.1 Å². The SMILES string of the molecule is O=C(Nc1nnc(-c2ccc(Cl)cc2)o1)c1cccc(S(F)(F)(F)(F)F)c1. The maximum atomic E-state index is 12.9. The van der Waals surface area contributed by atoms with Gasteiger partial charge >= 0.3 is 16.2 Å². The van der Waals surface area contributed by atoms with Crippen LogP contribution in [0.2, 0.25) is 5.02 Å². The van der Waals surface area contributed by atoms with E-state index < -0.39 is 32.6 Å². The average Bonchev–Trinajstić information content (AvgIpc) is 3.02. The zero-order valence-electron chi connectivity index (χ0n) is 13.0. The van der Waals surface area contributed by atoms with Crippen molar-refractivity contribution in [2.45, 2.75) is 4.90 Å². The maximum absolute atomic E-state index is 12.9. The molecule has 0 spiro atoms. The van der Waals surface area contributed by atoms with E-state index in [-0.39, 0.29) is 18.0 Å². The second kappa shape index (κ2) is 5.67. The summed E-state index contributed by atoms with van der Waals surface area (Å²) in [7, 11) is -9.90. The monoisotopic (exact) mass is 425 g/mol. The fraction of sp³-hybridized carbons (Fsp3) is 0. The van der Waals surface area contributed by atoms with E-state index in [1.165, 1.54) is 0 Å². The lowest BCUT2D eigenvalue weighted by atomic mass is 10.2. The summed E-state index contributed by atoms with van der Waals surface area (Å²) in [6.45, 7) is 0. The molecule has 0 saturated heterocycles. The Kier molecular flexibility index (Phi) is 4.01. The van der Waals surface area contributed by atoms with Gasteiger partial charge in [-0.3, -0.25) is 10.1 Å². The third-order valence-corrected chi connectivity index (χ3v) is 4.68. The van der Waals surface area contributed by atoms with Crippen molar-refractivity contribution in [2.75, 3.05) is 5.32 Å². The molecule has 0 bridgehead atoms. The fourth-order valence-corrected chi connectivity index (χ4v) is 2.84. The van der Waals surface area contributed by atoms with Crippen LogP contribution in [-0.2, 0) is 0 Å². The second-order valence-electron chi connectivity index (χ2n) is 5.37. The minimum atomic E-state index is -9.90. The molecule has 0 radical (unpaired) electrons. The number of anilines is 1. The molecule has 0 aliphatic heterocycles. The molecule has 0 fully saturated rings. The number of aromatic nitrogens is 2. The summed E-state index contributed by atoms with van der Waals surface area (Å²) in [6, 6.07) is 7.75. The van der Waals surface area contributed by atoms with Crippen molar-refractivity contribution >= 4 is 33.7 Å². The van der Waals surface area contributed by atoms with Crippen LogP contribution < -0.4 is 5.32 Å². The summed E-state index contributed by atoms with van der Waals surface area (Å²) in [5.74, 6) is -1.10. The zero-order chi connectivity index (χ0) is 19.9. The first-order chi connectivity index (χ1) is 12.3. The molecule has 1 N–H and O–H groups in total. The molecular weight excluding hydrogens is 417 g/mol. The van der Waals surface area contributed by atoms with Gasteiger partial charge in [0.25, 0.3) is 5.91 Å². The molecule has 27 heavy (non-hydrogen) atoms. The van der Waals surface area contributed by atoms with Crippen LogP contribution in [0.5, 0.6) is 0 Å². The fourth-order valence-electron chi connectivity index (χ4n) is 2.03. The molecule has 5 nitrogen and oxygen atoms in total. The molecule has 0 aliphatic rings. The number of rotatable bonds is 4. The molecule has 1 aromatic heterocycles. The molecule has 0 unspecified atom stereocenters. The predicted molar refractivity (Wildman–Crippen MR) is 90.5 cm³/mol. The Balaban J connectivity index is 1.82. The Bertz CT molecular complexity index is 1020. The van der Waals surface area contributed by atoms with E-state index in [9.17, 15) is 24.2 Å². The molecule has 0 aliphatic carbocycles. The van der Waals surface area contributed by atoms with Crippen molar-refractivity contribution < 1.29 is 28.6 Å². The van der Waals surface area contributed by atoms with E-state index in [4.69, 9.17) is 16.0 Å². The first-order valence-corrected chi connectivity index (χ1v) is 9.40. The molecule has 2 aromatic carbocycles. The number of halogens is 6. The Morgan fingerprint density at radius 2 is 1.67 bits per heavy atom. The minimum Gasteiger partial charge on any atom is -0.403 e. The highest BCUT2D eigenvalue weighted by Crippen LogP contribution is 3.02. The zero-order valence-corrected chi connectivity index (χ0v) is 14.6. The van der Waals surface area contributed by atoms with E-state index >= 15 is 0 Å².